The lowest BCUT2D eigenvalue weighted by atomic mass is 10.0. The molecule has 0 aliphatic carbocycles. The Kier molecular flexibility index (Phi) is 12.8. The van der Waals surface area contributed by atoms with Crippen molar-refractivity contribution in [3.8, 4) is 17.2 Å². The highest BCUT2D eigenvalue weighted by molar-refractivity contribution is 5.91. The fraction of sp³-hybridized carbons (Fsp3) is 0.483. The first-order valence-corrected chi connectivity index (χ1v) is 12.4. The smallest absolute Gasteiger partial charge is 0.343 e. The first-order valence-electron chi connectivity index (χ1n) is 12.4. The molecule has 0 unspecified atom stereocenters. The van der Waals surface area contributed by atoms with Crippen LogP contribution in [0.3, 0.4) is 0 Å². The summed E-state index contributed by atoms with van der Waals surface area (Å²) >= 11 is 0. The van der Waals surface area contributed by atoms with Gasteiger partial charge in [0.1, 0.15) is 17.2 Å². The van der Waals surface area contributed by atoms with Gasteiger partial charge < -0.3 is 14.2 Å². The molecule has 2 aromatic carbocycles. The van der Waals surface area contributed by atoms with Crippen LogP contribution in [0.1, 0.15) is 82.0 Å². The minimum absolute atomic E-state index is 0.387. The van der Waals surface area contributed by atoms with Crippen molar-refractivity contribution in [2.45, 2.75) is 71.6 Å². The van der Waals surface area contributed by atoms with Gasteiger partial charge in [-0.2, -0.15) is 0 Å². The molecule has 0 radical (unpaired) electrons. The zero-order valence-corrected chi connectivity index (χ0v) is 20.4. The van der Waals surface area contributed by atoms with Crippen molar-refractivity contribution in [1.82, 2.24) is 0 Å². The van der Waals surface area contributed by atoms with Crippen LogP contribution in [0.25, 0.3) is 0 Å². The largest absolute Gasteiger partial charge is 0.494 e. The van der Waals surface area contributed by atoms with Crippen LogP contribution in [0.5, 0.6) is 17.2 Å². The first-order chi connectivity index (χ1) is 16.1. The fourth-order valence-corrected chi connectivity index (χ4v) is 3.38. The maximum Gasteiger partial charge on any atom is 0.343 e. The van der Waals surface area contributed by atoms with Crippen LogP contribution in [0.4, 0.5) is 0 Å². The number of carbonyl (C=O) groups excluding carboxylic acids is 1. The average Bonchev–Trinajstić information content (AvgIpc) is 2.84. The summed E-state index contributed by atoms with van der Waals surface area (Å²) in [6.07, 6.45) is 12.3. The molecule has 0 amide bonds. The minimum atomic E-state index is -0.387. The molecule has 0 fully saturated rings. The van der Waals surface area contributed by atoms with Gasteiger partial charge in [-0.3, -0.25) is 0 Å². The molecule has 1 atom stereocenters. The number of rotatable bonds is 17. The van der Waals surface area contributed by atoms with Crippen molar-refractivity contribution < 1.29 is 19.0 Å². The van der Waals surface area contributed by atoms with Gasteiger partial charge in [-0.05, 0) is 86.6 Å². The third kappa shape index (κ3) is 11.1. The molecule has 0 bridgehead atoms. The fourth-order valence-electron chi connectivity index (χ4n) is 3.38. The molecule has 180 valence electrons. The van der Waals surface area contributed by atoms with E-state index in [1.165, 1.54) is 25.7 Å². The summed E-state index contributed by atoms with van der Waals surface area (Å²) in [6, 6.07) is 14.3. The maximum atomic E-state index is 12.4. The van der Waals surface area contributed by atoms with Gasteiger partial charge >= 0.3 is 5.97 Å². The molecule has 4 nitrogen and oxygen atoms in total. The number of carbonyl (C=O) groups is 1. The van der Waals surface area contributed by atoms with Gasteiger partial charge in [0.05, 0.1) is 18.8 Å². The van der Waals surface area contributed by atoms with Gasteiger partial charge in [-0.25, -0.2) is 4.79 Å². The molecular weight excluding hydrogens is 412 g/mol. The molecule has 0 saturated carbocycles. The van der Waals surface area contributed by atoms with E-state index < -0.39 is 0 Å². The Hall–Kier alpha value is -2.75. The third-order valence-corrected chi connectivity index (χ3v) is 5.75. The van der Waals surface area contributed by atoms with Crippen LogP contribution in [0, 0.1) is 5.92 Å². The van der Waals surface area contributed by atoms with Gasteiger partial charge in [0, 0.05) is 0 Å². The van der Waals surface area contributed by atoms with Gasteiger partial charge in [-0.15, -0.1) is 6.58 Å². The van der Waals surface area contributed by atoms with Crippen molar-refractivity contribution in [1.29, 1.82) is 0 Å². The molecule has 0 spiro atoms. The molecular formula is C29H40O4. The van der Waals surface area contributed by atoms with Gasteiger partial charge in [0.15, 0.2) is 0 Å². The molecule has 0 aliphatic heterocycles. The summed E-state index contributed by atoms with van der Waals surface area (Å²) in [7, 11) is 0. The van der Waals surface area contributed by atoms with E-state index in [1.54, 1.807) is 24.3 Å². The quantitative estimate of drug-likeness (QED) is 0.105. The number of hydrogen-bond donors (Lipinski definition) is 0. The van der Waals surface area contributed by atoms with Crippen molar-refractivity contribution in [3.05, 3.63) is 66.7 Å². The van der Waals surface area contributed by atoms with Crippen LogP contribution < -0.4 is 14.2 Å². The Balaban J connectivity index is 1.67. The summed E-state index contributed by atoms with van der Waals surface area (Å²) in [5.74, 6) is 2.48. The second-order valence-electron chi connectivity index (χ2n) is 8.58. The van der Waals surface area contributed by atoms with Crippen molar-refractivity contribution in [2.75, 3.05) is 13.2 Å². The number of hydrogen-bond acceptors (Lipinski definition) is 4. The lowest BCUT2D eigenvalue weighted by Gasteiger charge is -2.09. The number of allylic oxidation sites excluding steroid dienone is 1. The highest BCUT2D eigenvalue weighted by Gasteiger charge is 2.09. The lowest BCUT2D eigenvalue weighted by Crippen LogP contribution is -2.08. The van der Waals surface area contributed by atoms with Crippen molar-refractivity contribution in [3.63, 3.8) is 0 Å². The Morgan fingerprint density at radius 1 is 0.818 bits per heavy atom. The third-order valence-electron chi connectivity index (χ3n) is 5.75. The molecule has 0 aromatic heterocycles. The molecule has 0 heterocycles. The van der Waals surface area contributed by atoms with Crippen LogP contribution in [-0.2, 0) is 0 Å². The van der Waals surface area contributed by atoms with E-state index in [2.05, 4.69) is 20.4 Å². The van der Waals surface area contributed by atoms with E-state index in [-0.39, 0.29) is 5.97 Å². The highest BCUT2D eigenvalue weighted by atomic mass is 16.5. The van der Waals surface area contributed by atoms with Gasteiger partial charge in [0.25, 0.3) is 0 Å². The predicted octanol–water partition coefficient (Wildman–Crippen LogP) is 8.02. The topological polar surface area (TPSA) is 44.8 Å². The zero-order valence-electron chi connectivity index (χ0n) is 20.4. The van der Waals surface area contributed by atoms with E-state index in [0.717, 1.165) is 49.5 Å². The van der Waals surface area contributed by atoms with Crippen molar-refractivity contribution in [2.24, 2.45) is 5.92 Å². The van der Waals surface area contributed by atoms with E-state index >= 15 is 0 Å². The number of ether oxygens (including phenoxy) is 3. The monoisotopic (exact) mass is 452 g/mol. The molecule has 0 N–H and O–H groups in total. The lowest BCUT2D eigenvalue weighted by molar-refractivity contribution is 0.0734. The SMILES string of the molecule is C=CCCCCCOc1ccc(OC(=O)c2ccc(OCCCCC[C@@H](C)CC)cc2)cc1. The van der Waals surface area contributed by atoms with E-state index in [0.29, 0.717) is 24.5 Å². The minimum Gasteiger partial charge on any atom is -0.494 e. The van der Waals surface area contributed by atoms with E-state index in [4.69, 9.17) is 14.2 Å². The van der Waals surface area contributed by atoms with E-state index in [9.17, 15) is 4.79 Å². The second kappa shape index (κ2) is 16.0. The summed E-state index contributed by atoms with van der Waals surface area (Å²) in [5.41, 5.74) is 0.496. The standard InChI is InChI=1S/C29H40O4/c1-4-6-7-8-11-22-32-27-18-20-28(21-19-27)33-29(30)25-14-16-26(17-15-25)31-23-12-9-10-13-24(3)5-2/h4,14-21,24H,1,5-13,22-23H2,2-3H3/t24-/m0/s1. The Labute approximate surface area is 200 Å². The van der Waals surface area contributed by atoms with Crippen LogP contribution >= 0.6 is 0 Å². The van der Waals surface area contributed by atoms with Crippen molar-refractivity contribution >= 4 is 5.97 Å². The first kappa shape index (κ1) is 26.5. The average molecular weight is 453 g/mol. The molecule has 33 heavy (non-hydrogen) atoms. The van der Waals surface area contributed by atoms with Crippen LogP contribution in [0.2, 0.25) is 0 Å². The molecule has 2 rings (SSSR count). The number of unbranched alkanes of at least 4 members (excludes halogenated alkanes) is 5. The Morgan fingerprint density at radius 3 is 1.94 bits per heavy atom. The molecule has 0 saturated heterocycles. The number of esters is 1. The highest BCUT2D eigenvalue weighted by Crippen LogP contribution is 2.20. The van der Waals surface area contributed by atoms with Crippen LogP contribution in [-0.4, -0.2) is 19.2 Å². The summed E-state index contributed by atoms with van der Waals surface area (Å²) < 4.78 is 17.0. The maximum absolute atomic E-state index is 12.4. The molecule has 2 aromatic rings. The predicted molar refractivity (Wildman–Crippen MR) is 135 cm³/mol. The Morgan fingerprint density at radius 2 is 1.36 bits per heavy atom. The van der Waals surface area contributed by atoms with Crippen LogP contribution in [0.15, 0.2) is 61.2 Å². The van der Waals surface area contributed by atoms with Gasteiger partial charge in [-0.1, -0.05) is 45.6 Å². The summed E-state index contributed by atoms with van der Waals surface area (Å²) in [6.45, 7) is 9.67. The second-order valence-corrected chi connectivity index (χ2v) is 8.58. The molecule has 4 heteroatoms. The normalized spacial score (nSPS) is 11.6. The van der Waals surface area contributed by atoms with Gasteiger partial charge in [0.2, 0.25) is 0 Å². The van der Waals surface area contributed by atoms with E-state index in [1.807, 2.05) is 30.3 Å². The zero-order chi connectivity index (χ0) is 23.7. The summed E-state index contributed by atoms with van der Waals surface area (Å²) in [4.78, 5) is 12.4. The number of benzene rings is 2. The summed E-state index contributed by atoms with van der Waals surface area (Å²) in [5, 5.41) is 0. The Bertz CT molecular complexity index is 795. The molecule has 0 aliphatic rings.